The van der Waals surface area contributed by atoms with Gasteiger partial charge in [-0.2, -0.15) is 0 Å². The summed E-state index contributed by atoms with van der Waals surface area (Å²) in [6.45, 7) is 0. The summed E-state index contributed by atoms with van der Waals surface area (Å²) < 4.78 is 18.9. The molecule has 0 saturated carbocycles. The number of halogens is 2. The molecule has 0 saturated heterocycles. The number of aliphatic carboxylic acids is 1. The third-order valence-corrected chi connectivity index (χ3v) is 2.75. The molecule has 1 unspecified atom stereocenters. The van der Waals surface area contributed by atoms with Crippen LogP contribution in [0.4, 0.5) is 4.39 Å². The zero-order valence-corrected chi connectivity index (χ0v) is 10.5. The maximum atomic E-state index is 13.4. The molecule has 0 fully saturated rings. The smallest absolute Gasteiger partial charge is 0.343 e. The highest BCUT2D eigenvalue weighted by Crippen LogP contribution is 2.32. The van der Waals surface area contributed by atoms with Crippen molar-refractivity contribution < 1.29 is 19.0 Å². The summed E-state index contributed by atoms with van der Waals surface area (Å²) in [4.78, 5) is 10.6. The van der Waals surface area contributed by atoms with Crippen LogP contribution < -0.4 is 4.74 Å². The number of carboxylic acid groups (broad SMARTS) is 1. The van der Waals surface area contributed by atoms with Crippen molar-refractivity contribution in [3.8, 4) is 11.5 Å². The van der Waals surface area contributed by atoms with Crippen LogP contribution in [0.15, 0.2) is 48.5 Å². The molecular weight excluding hydrogens is 271 g/mol. The molecule has 0 bridgehead atoms. The Labute approximate surface area is 114 Å². The van der Waals surface area contributed by atoms with Crippen LogP contribution in [0.25, 0.3) is 0 Å². The van der Waals surface area contributed by atoms with Crippen LogP contribution in [0.2, 0.25) is 5.02 Å². The quantitative estimate of drug-likeness (QED) is 0.912. The van der Waals surface area contributed by atoms with E-state index < -0.39 is 12.1 Å². The molecule has 1 N–H and O–H groups in total. The molecule has 1 atom stereocenters. The Hall–Kier alpha value is -2.07. The van der Waals surface area contributed by atoms with Crippen LogP contribution in [-0.4, -0.2) is 11.1 Å². The summed E-state index contributed by atoms with van der Waals surface area (Å²) in [6, 6.07) is 12.8. The molecule has 19 heavy (non-hydrogen) atoms. The van der Waals surface area contributed by atoms with Crippen molar-refractivity contribution in [1.82, 2.24) is 0 Å². The number of hydrogen-bond acceptors (Lipinski definition) is 2. The third-order valence-electron chi connectivity index (χ3n) is 2.44. The Bertz CT molecular complexity index is 586. The number of rotatable bonds is 4. The second kappa shape index (κ2) is 5.71. The average Bonchev–Trinajstić information content (AvgIpc) is 2.41. The zero-order valence-electron chi connectivity index (χ0n) is 9.72. The van der Waals surface area contributed by atoms with Gasteiger partial charge in [0, 0.05) is 5.56 Å². The first-order valence-corrected chi connectivity index (χ1v) is 5.85. The number of alkyl halides is 1. The molecule has 98 valence electrons. The summed E-state index contributed by atoms with van der Waals surface area (Å²) in [5.74, 6) is -0.797. The van der Waals surface area contributed by atoms with Crippen molar-refractivity contribution in [2.75, 3.05) is 0 Å². The van der Waals surface area contributed by atoms with Gasteiger partial charge in [-0.15, -0.1) is 0 Å². The predicted molar refractivity (Wildman–Crippen MR) is 69.5 cm³/mol. The van der Waals surface area contributed by atoms with Gasteiger partial charge in [0.05, 0.1) is 5.02 Å². The Morgan fingerprint density at radius 3 is 2.53 bits per heavy atom. The minimum atomic E-state index is -2.10. The van der Waals surface area contributed by atoms with Gasteiger partial charge in [0.2, 0.25) is 6.17 Å². The van der Waals surface area contributed by atoms with E-state index in [1.165, 1.54) is 18.2 Å². The standard InChI is InChI=1S/C14H10ClFO3/c15-11-7-6-9(13(16)14(17)18)8-12(11)19-10-4-2-1-3-5-10/h1-8,13H,(H,17,18). The largest absolute Gasteiger partial charge is 0.479 e. The van der Waals surface area contributed by atoms with Gasteiger partial charge in [0.15, 0.2) is 0 Å². The molecule has 0 radical (unpaired) electrons. The van der Waals surface area contributed by atoms with Gasteiger partial charge in [-0.25, -0.2) is 9.18 Å². The van der Waals surface area contributed by atoms with Crippen LogP contribution in [-0.2, 0) is 4.79 Å². The van der Waals surface area contributed by atoms with E-state index in [0.717, 1.165) is 0 Å². The Morgan fingerprint density at radius 1 is 1.21 bits per heavy atom. The molecule has 2 rings (SSSR count). The van der Waals surface area contributed by atoms with Gasteiger partial charge < -0.3 is 9.84 Å². The lowest BCUT2D eigenvalue weighted by atomic mass is 10.1. The zero-order chi connectivity index (χ0) is 13.8. The van der Waals surface area contributed by atoms with Crippen molar-refractivity contribution in [3.05, 3.63) is 59.1 Å². The number of para-hydroxylation sites is 1. The number of hydrogen-bond donors (Lipinski definition) is 1. The first-order valence-electron chi connectivity index (χ1n) is 5.47. The van der Waals surface area contributed by atoms with Gasteiger partial charge in [-0.05, 0) is 24.3 Å². The lowest BCUT2D eigenvalue weighted by molar-refractivity contribution is -0.143. The Balaban J connectivity index is 2.30. The third kappa shape index (κ3) is 3.23. The molecule has 0 aliphatic carbocycles. The van der Waals surface area contributed by atoms with Gasteiger partial charge in [-0.1, -0.05) is 35.9 Å². The van der Waals surface area contributed by atoms with Gasteiger partial charge >= 0.3 is 5.97 Å². The molecule has 2 aromatic rings. The monoisotopic (exact) mass is 280 g/mol. The van der Waals surface area contributed by atoms with E-state index in [9.17, 15) is 9.18 Å². The SMILES string of the molecule is O=C(O)C(F)c1ccc(Cl)c(Oc2ccccc2)c1. The topological polar surface area (TPSA) is 46.5 Å². The summed E-state index contributed by atoms with van der Waals surface area (Å²) in [7, 11) is 0. The second-order valence-corrected chi connectivity index (χ2v) is 4.21. The maximum Gasteiger partial charge on any atom is 0.343 e. The highest BCUT2D eigenvalue weighted by molar-refractivity contribution is 6.32. The molecule has 0 amide bonds. The Morgan fingerprint density at radius 2 is 1.89 bits per heavy atom. The number of carbonyl (C=O) groups is 1. The molecular formula is C14H10ClFO3. The van der Waals surface area contributed by atoms with Crippen LogP contribution in [0.3, 0.4) is 0 Å². The van der Waals surface area contributed by atoms with Crippen molar-refractivity contribution >= 4 is 17.6 Å². The lowest BCUT2D eigenvalue weighted by Crippen LogP contribution is -2.05. The second-order valence-electron chi connectivity index (χ2n) is 3.81. The predicted octanol–water partition coefficient (Wildman–Crippen LogP) is 4.23. The van der Waals surface area contributed by atoms with Crippen molar-refractivity contribution in [1.29, 1.82) is 0 Å². The molecule has 0 aromatic heterocycles. The van der Waals surface area contributed by atoms with E-state index in [1.54, 1.807) is 24.3 Å². The average molecular weight is 281 g/mol. The summed E-state index contributed by atoms with van der Waals surface area (Å²) >= 11 is 5.94. The molecule has 5 heteroatoms. The van der Waals surface area contributed by atoms with E-state index in [1.807, 2.05) is 6.07 Å². The highest BCUT2D eigenvalue weighted by Gasteiger charge is 2.19. The van der Waals surface area contributed by atoms with Crippen molar-refractivity contribution in [2.24, 2.45) is 0 Å². The minimum Gasteiger partial charge on any atom is -0.479 e. The minimum absolute atomic E-state index is 0.0113. The van der Waals surface area contributed by atoms with Crippen molar-refractivity contribution in [2.45, 2.75) is 6.17 Å². The molecule has 0 heterocycles. The van der Waals surface area contributed by atoms with E-state index in [0.29, 0.717) is 5.75 Å². The van der Waals surface area contributed by atoms with Gasteiger partial charge in [-0.3, -0.25) is 0 Å². The fourth-order valence-electron chi connectivity index (χ4n) is 1.51. The van der Waals surface area contributed by atoms with E-state index >= 15 is 0 Å². The lowest BCUT2D eigenvalue weighted by Gasteiger charge is -2.10. The van der Waals surface area contributed by atoms with Gasteiger partial charge in [0.25, 0.3) is 0 Å². The molecule has 0 aliphatic rings. The van der Waals surface area contributed by atoms with E-state index in [4.69, 9.17) is 21.4 Å². The number of ether oxygens (including phenoxy) is 1. The fourth-order valence-corrected chi connectivity index (χ4v) is 1.67. The molecule has 3 nitrogen and oxygen atoms in total. The number of benzene rings is 2. The summed E-state index contributed by atoms with van der Waals surface area (Å²) in [6.07, 6.45) is -2.10. The number of carboxylic acids is 1. The summed E-state index contributed by atoms with van der Waals surface area (Å²) in [5.41, 5.74) is -0.0113. The normalized spacial score (nSPS) is 11.9. The van der Waals surface area contributed by atoms with Crippen LogP contribution in [0.1, 0.15) is 11.7 Å². The molecule has 0 spiro atoms. The van der Waals surface area contributed by atoms with Gasteiger partial charge in [0.1, 0.15) is 11.5 Å². The van der Waals surface area contributed by atoms with Crippen LogP contribution in [0.5, 0.6) is 11.5 Å². The van der Waals surface area contributed by atoms with Crippen LogP contribution in [0, 0.1) is 0 Å². The van der Waals surface area contributed by atoms with Crippen molar-refractivity contribution in [3.63, 3.8) is 0 Å². The van der Waals surface area contributed by atoms with E-state index in [2.05, 4.69) is 0 Å². The first-order chi connectivity index (χ1) is 9.08. The molecule has 0 aliphatic heterocycles. The fraction of sp³-hybridized carbons (Fsp3) is 0.0714. The highest BCUT2D eigenvalue weighted by atomic mass is 35.5. The Kier molecular flexibility index (Phi) is 4.02. The molecule has 2 aromatic carbocycles. The maximum absolute atomic E-state index is 13.4. The van der Waals surface area contributed by atoms with E-state index in [-0.39, 0.29) is 16.3 Å². The first kappa shape index (κ1) is 13.4. The summed E-state index contributed by atoms with van der Waals surface area (Å²) in [5, 5.41) is 8.92. The van der Waals surface area contributed by atoms with Crippen LogP contribution >= 0.6 is 11.6 Å².